The van der Waals surface area contributed by atoms with Crippen molar-refractivity contribution in [1.29, 1.82) is 0 Å². The van der Waals surface area contributed by atoms with Crippen LogP contribution in [-0.4, -0.2) is 29.0 Å². The first-order valence-electron chi connectivity index (χ1n) is 5.35. The highest BCUT2D eigenvalue weighted by Crippen LogP contribution is 2.24. The van der Waals surface area contributed by atoms with Gasteiger partial charge in [0.05, 0.1) is 4.92 Å². The monoisotopic (exact) mass is 241 g/mol. The molecule has 1 saturated heterocycles. The van der Waals surface area contributed by atoms with E-state index in [4.69, 9.17) is 5.73 Å². The number of rotatable bonds is 3. The highest BCUT2D eigenvalue weighted by molar-refractivity contribution is 7.13. The maximum absolute atomic E-state index is 10.5. The first kappa shape index (κ1) is 11.5. The molecule has 0 radical (unpaired) electrons. The van der Waals surface area contributed by atoms with Crippen molar-refractivity contribution in [1.82, 2.24) is 4.90 Å². The highest BCUT2D eigenvalue weighted by Gasteiger charge is 2.17. The van der Waals surface area contributed by atoms with Gasteiger partial charge in [-0.05, 0) is 31.5 Å². The largest absolute Gasteiger partial charge is 0.328 e. The van der Waals surface area contributed by atoms with Crippen LogP contribution < -0.4 is 5.73 Å². The maximum atomic E-state index is 10.5. The predicted molar refractivity (Wildman–Crippen MR) is 63.5 cm³/mol. The number of likely N-dealkylation sites (tertiary alicyclic amines) is 1. The number of piperidine rings is 1. The first-order chi connectivity index (χ1) is 7.65. The SMILES string of the molecule is NC1CCN(Cc2csc([N+](=O)[O-])c2)CC1. The van der Waals surface area contributed by atoms with Crippen LogP contribution in [0.1, 0.15) is 18.4 Å². The van der Waals surface area contributed by atoms with Crippen LogP contribution in [0, 0.1) is 10.1 Å². The van der Waals surface area contributed by atoms with Gasteiger partial charge in [0.25, 0.3) is 0 Å². The van der Waals surface area contributed by atoms with Crippen LogP contribution >= 0.6 is 11.3 Å². The highest BCUT2D eigenvalue weighted by atomic mass is 32.1. The Hall–Kier alpha value is -0.980. The summed E-state index contributed by atoms with van der Waals surface area (Å²) < 4.78 is 0. The molecule has 0 saturated carbocycles. The number of nitrogens with two attached hydrogens (primary N) is 1. The Labute approximate surface area is 98.0 Å². The van der Waals surface area contributed by atoms with E-state index in [0.717, 1.165) is 38.0 Å². The van der Waals surface area contributed by atoms with E-state index in [2.05, 4.69) is 4.90 Å². The summed E-state index contributed by atoms with van der Waals surface area (Å²) in [5.74, 6) is 0. The van der Waals surface area contributed by atoms with Crippen LogP contribution in [0.15, 0.2) is 11.4 Å². The van der Waals surface area contributed by atoms with Crippen molar-refractivity contribution in [2.75, 3.05) is 13.1 Å². The van der Waals surface area contributed by atoms with Crippen molar-refractivity contribution in [2.45, 2.75) is 25.4 Å². The lowest BCUT2D eigenvalue weighted by Crippen LogP contribution is -2.39. The fourth-order valence-corrected chi connectivity index (χ4v) is 2.63. The predicted octanol–water partition coefficient (Wildman–Crippen LogP) is 1.58. The van der Waals surface area contributed by atoms with Gasteiger partial charge in [-0.3, -0.25) is 15.0 Å². The van der Waals surface area contributed by atoms with Gasteiger partial charge in [-0.25, -0.2) is 0 Å². The molecular formula is C10H15N3O2S. The molecular weight excluding hydrogens is 226 g/mol. The van der Waals surface area contributed by atoms with Crippen LogP contribution in [0.5, 0.6) is 0 Å². The van der Waals surface area contributed by atoms with E-state index in [1.807, 2.05) is 5.38 Å². The Balaban J connectivity index is 1.91. The van der Waals surface area contributed by atoms with Crippen LogP contribution in [-0.2, 0) is 6.54 Å². The van der Waals surface area contributed by atoms with Gasteiger partial charge in [-0.15, -0.1) is 0 Å². The fraction of sp³-hybridized carbons (Fsp3) is 0.600. The van der Waals surface area contributed by atoms with Crippen molar-refractivity contribution in [3.63, 3.8) is 0 Å². The summed E-state index contributed by atoms with van der Waals surface area (Å²) in [6.07, 6.45) is 2.04. The van der Waals surface area contributed by atoms with Crippen molar-refractivity contribution < 1.29 is 4.92 Å². The van der Waals surface area contributed by atoms with Crippen molar-refractivity contribution in [3.05, 3.63) is 27.1 Å². The lowest BCUT2D eigenvalue weighted by molar-refractivity contribution is -0.380. The van der Waals surface area contributed by atoms with E-state index in [1.165, 1.54) is 11.3 Å². The second kappa shape index (κ2) is 4.90. The topological polar surface area (TPSA) is 72.4 Å². The summed E-state index contributed by atoms with van der Waals surface area (Å²) >= 11 is 1.20. The molecule has 2 N–H and O–H groups in total. The van der Waals surface area contributed by atoms with Crippen LogP contribution in [0.4, 0.5) is 5.00 Å². The van der Waals surface area contributed by atoms with E-state index >= 15 is 0 Å². The van der Waals surface area contributed by atoms with E-state index in [1.54, 1.807) is 6.07 Å². The zero-order valence-corrected chi connectivity index (χ0v) is 9.78. The smallest absolute Gasteiger partial charge is 0.324 e. The van der Waals surface area contributed by atoms with Gasteiger partial charge < -0.3 is 5.73 Å². The number of hydrogen-bond donors (Lipinski definition) is 1. The Bertz CT molecular complexity index is 372. The normalized spacial score (nSPS) is 18.8. The minimum Gasteiger partial charge on any atom is -0.328 e. The van der Waals surface area contributed by atoms with E-state index in [-0.39, 0.29) is 9.92 Å². The molecule has 0 atom stereocenters. The van der Waals surface area contributed by atoms with Gasteiger partial charge in [0.15, 0.2) is 0 Å². The quantitative estimate of drug-likeness (QED) is 0.644. The number of thiophene rings is 1. The molecule has 1 fully saturated rings. The van der Waals surface area contributed by atoms with E-state index in [0.29, 0.717) is 6.04 Å². The third-order valence-corrected chi connectivity index (χ3v) is 3.79. The number of nitrogens with zero attached hydrogens (tertiary/aromatic N) is 2. The molecule has 0 amide bonds. The molecule has 0 aliphatic carbocycles. The first-order valence-corrected chi connectivity index (χ1v) is 6.23. The van der Waals surface area contributed by atoms with Gasteiger partial charge >= 0.3 is 5.00 Å². The Morgan fingerprint density at radius 1 is 1.56 bits per heavy atom. The average Bonchev–Trinajstić information content (AvgIpc) is 2.70. The van der Waals surface area contributed by atoms with E-state index in [9.17, 15) is 10.1 Å². The minimum absolute atomic E-state index is 0.226. The Kier molecular flexibility index (Phi) is 3.52. The van der Waals surface area contributed by atoms with Crippen molar-refractivity contribution in [2.24, 2.45) is 5.73 Å². The second-order valence-electron chi connectivity index (χ2n) is 4.16. The van der Waals surface area contributed by atoms with E-state index < -0.39 is 0 Å². The molecule has 0 spiro atoms. The third kappa shape index (κ3) is 2.78. The molecule has 2 rings (SSSR count). The molecule has 88 valence electrons. The molecule has 0 aromatic carbocycles. The summed E-state index contributed by atoms with van der Waals surface area (Å²) in [4.78, 5) is 12.5. The summed E-state index contributed by atoms with van der Waals surface area (Å²) in [7, 11) is 0. The molecule has 6 heteroatoms. The zero-order valence-electron chi connectivity index (χ0n) is 8.96. The van der Waals surface area contributed by atoms with Gasteiger partial charge in [0, 0.05) is 24.0 Å². The molecule has 0 bridgehead atoms. The van der Waals surface area contributed by atoms with Crippen LogP contribution in [0.2, 0.25) is 0 Å². The maximum Gasteiger partial charge on any atom is 0.324 e. The lowest BCUT2D eigenvalue weighted by atomic mass is 10.1. The standard InChI is InChI=1S/C10H15N3O2S/c11-9-1-3-12(4-2-9)6-8-5-10(13(14)15)16-7-8/h5,7,9H,1-4,6,11H2. The van der Waals surface area contributed by atoms with Crippen molar-refractivity contribution >= 4 is 16.3 Å². The Morgan fingerprint density at radius 2 is 2.25 bits per heavy atom. The second-order valence-corrected chi connectivity index (χ2v) is 5.05. The fourth-order valence-electron chi connectivity index (χ4n) is 1.91. The van der Waals surface area contributed by atoms with Crippen LogP contribution in [0.25, 0.3) is 0 Å². The summed E-state index contributed by atoms with van der Waals surface area (Å²) in [6.45, 7) is 2.78. The van der Waals surface area contributed by atoms with Gasteiger partial charge in [-0.1, -0.05) is 11.3 Å². The molecule has 1 aliphatic rings. The van der Waals surface area contributed by atoms with Crippen LogP contribution in [0.3, 0.4) is 0 Å². The molecule has 5 nitrogen and oxygen atoms in total. The van der Waals surface area contributed by atoms with Gasteiger partial charge in [0.2, 0.25) is 0 Å². The zero-order chi connectivity index (χ0) is 11.5. The van der Waals surface area contributed by atoms with Crippen molar-refractivity contribution in [3.8, 4) is 0 Å². The molecule has 1 aromatic heterocycles. The molecule has 1 aliphatic heterocycles. The molecule has 1 aromatic rings. The molecule has 16 heavy (non-hydrogen) atoms. The summed E-state index contributed by atoms with van der Waals surface area (Å²) in [5.41, 5.74) is 6.85. The summed E-state index contributed by atoms with van der Waals surface area (Å²) in [6, 6.07) is 1.99. The lowest BCUT2D eigenvalue weighted by Gasteiger charge is -2.29. The molecule has 2 heterocycles. The molecule has 0 unspecified atom stereocenters. The summed E-state index contributed by atoms with van der Waals surface area (Å²) in [5, 5.41) is 12.6. The number of nitro groups is 1. The number of hydrogen-bond acceptors (Lipinski definition) is 5. The Morgan fingerprint density at radius 3 is 2.81 bits per heavy atom. The average molecular weight is 241 g/mol. The minimum atomic E-state index is -0.333. The van der Waals surface area contributed by atoms with Gasteiger partial charge in [-0.2, -0.15) is 0 Å². The van der Waals surface area contributed by atoms with Gasteiger partial charge in [0.1, 0.15) is 0 Å². The third-order valence-electron chi connectivity index (χ3n) is 2.86.